The summed E-state index contributed by atoms with van der Waals surface area (Å²) in [7, 11) is 0. The van der Waals surface area contributed by atoms with Crippen molar-refractivity contribution in [2.75, 3.05) is 25.0 Å². The number of carbonyl (C=O) groups excluding carboxylic acids is 1. The minimum atomic E-state index is -0.921. The van der Waals surface area contributed by atoms with Crippen LogP contribution in [0.3, 0.4) is 0 Å². The summed E-state index contributed by atoms with van der Waals surface area (Å²) in [5.41, 5.74) is -0.573. The van der Waals surface area contributed by atoms with Crippen LogP contribution >= 0.6 is 0 Å². The highest BCUT2D eigenvalue weighted by Gasteiger charge is 2.36. The fraction of sp³-hybridized carbons (Fsp3) is 0.611. The second-order valence-corrected chi connectivity index (χ2v) is 7.48. The third kappa shape index (κ3) is 5.29. The van der Waals surface area contributed by atoms with E-state index in [0.29, 0.717) is 38.0 Å². The molecule has 0 saturated carbocycles. The smallest absolute Gasteiger partial charge is 0.410 e. The normalized spacial score (nSPS) is 17.3. The van der Waals surface area contributed by atoms with Crippen molar-refractivity contribution in [2.45, 2.75) is 51.2 Å². The van der Waals surface area contributed by atoms with Gasteiger partial charge >= 0.3 is 6.09 Å². The molecule has 0 unspecified atom stereocenters. The maximum Gasteiger partial charge on any atom is 0.410 e. The lowest BCUT2D eigenvalue weighted by atomic mass is 9.84. The SMILES string of the molecule is CC(C)(C)OC(=O)N1CCC(CCO)(Nc2ccc(F)c(F)c2)CC1. The second kappa shape index (κ2) is 7.56. The summed E-state index contributed by atoms with van der Waals surface area (Å²) in [6.45, 7) is 6.33. The summed E-state index contributed by atoms with van der Waals surface area (Å²) < 4.78 is 31.9. The van der Waals surface area contributed by atoms with Crippen LogP contribution in [0.4, 0.5) is 19.3 Å². The monoisotopic (exact) mass is 356 g/mol. The molecule has 2 N–H and O–H groups in total. The minimum Gasteiger partial charge on any atom is -0.444 e. The molecule has 1 aliphatic heterocycles. The van der Waals surface area contributed by atoms with E-state index in [0.717, 1.165) is 12.1 Å². The van der Waals surface area contributed by atoms with Crippen LogP contribution in [-0.2, 0) is 4.74 Å². The molecule has 1 heterocycles. The van der Waals surface area contributed by atoms with Gasteiger partial charge in [0.2, 0.25) is 0 Å². The summed E-state index contributed by atoms with van der Waals surface area (Å²) in [6, 6.07) is 3.65. The van der Waals surface area contributed by atoms with Crippen LogP contribution in [0.15, 0.2) is 18.2 Å². The summed E-state index contributed by atoms with van der Waals surface area (Å²) in [5, 5.41) is 12.6. The molecule has 1 aromatic rings. The Morgan fingerprint density at radius 2 is 1.92 bits per heavy atom. The highest BCUT2D eigenvalue weighted by atomic mass is 19.2. The van der Waals surface area contributed by atoms with Gasteiger partial charge in [-0.1, -0.05) is 0 Å². The number of hydrogen-bond acceptors (Lipinski definition) is 4. The number of amides is 1. The maximum absolute atomic E-state index is 13.4. The lowest BCUT2D eigenvalue weighted by Crippen LogP contribution is -2.52. The number of nitrogens with zero attached hydrogens (tertiary/aromatic N) is 1. The number of rotatable bonds is 4. The number of carbonyl (C=O) groups is 1. The van der Waals surface area contributed by atoms with E-state index in [1.165, 1.54) is 6.07 Å². The average Bonchev–Trinajstić information content (AvgIpc) is 2.50. The Balaban J connectivity index is 2.04. The van der Waals surface area contributed by atoms with Crippen LogP contribution in [0.25, 0.3) is 0 Å². The van der Waals surface area contributed by atoms with E-state index < -0.39 is 22.8 Å². The fourth-order valence-corrected chi connectivity index (χ4v) is 2.98. The van der Waals surface area contributed by atoms with Crippen molar-refractivity contribution in [3.05, 3.63) is 29.8 Å². The summed E-state index contributed by atoms with van der Waals surface area (Å²) >= 11 is 0. The minimum absolute atomic E-state index is 0.0386. The van der Waals surface area contributed by atoms with Gasteiger partial charge < -0.3 is 20.1 Å². The van der Waals surface area contributed by atoms with E-state index in [-0.39, 0.29) is 12.7 Å². The third-order valence-corrected chi connectivity index (χ3v) is 4.29. The molecule has 0 bridgehead atoms. The van der Waals surface area contributed by atoms with Gasteiger partial charge in [0.1, 0.15) is 5.60 Å². The van der Waals surface area contributed by atoms with E-state index in [1.807, 2.05) is 20.8 Å². The highest BCUT2D eigenvalue weighted by Crippen LogP contribution is 2.31. The van der Waals surface area contributed by atoms with Gasteiger partial charge in [-0.05, 0) is 52.2 Å². The first-order valence-corrected chi connectivity index (χ1v) is 8.46. The predicted molar refractivity (Wildman–Crippen MR) is 91.5 cm³/mol. The highest BCUT2D eigenvalue weighted by molar-refractivity contribution is 5.68. The lowest BCUT2D eigenvalue weighted by Gasteiger charge is -2.43. The van der Waals surface area contributed by atoms with E-state index >= 15 is 0 Å². The molecule has 1 fully saturated rings. The van der Waals surface area contributed by atoms with Gasteiger partial charge in [0.15, 0.2) is 11.6 Å². The lowest BCUT2D eigenvalue weighted by molar-refractivity contribution is 0.0168. The molecule has 1 amide bonds. The van der Waals surface area contributed by atoms with Crippen LogP contribution in [0.5, 0.6) is 0 Å². The summed E-state index contributed by atoms with van der Waals surface area (Å²) in [6.07, 6.45) is 1.24. The number of anilines is 1. The van der Waals surface area contributed by atoms with E-state index in [1.54, 1.807) is 4.90 Å². The van der Waals surface area contributed by atoms with Crippen molar-refractivity contribution in [1.82, 2.24) is 4.90 Å². The molecule has 2 rings (SSSR count). The number of likely N-dealkylation sites (tertiary alicyclic amines) is 1. The molecule has 0 aromatic heterocycles. The number of hydrogen-bond donors (Lipinski definition) is 2. The van der Waals surface area contributed by atoms with Gasteiger partial charge in [0, 0.05) is 37.0 Å². The van der Waals surface area contributed by atoms with Crippen molar-refractivity contribution in [2.24, 2.45) is 0 Å². The number of ether oxygens (including phenoxy) is 1. The van der Waals surface area contributed by atoms with Crippen LogP contribution < -0.4 is 5.32 Å². The Morgan fingerprint density at radius 3 is 2.44 bits per heavy atom. The number of nitrogens with one attached hydrogen (secondary N) is 1. The Kier molecular flexibility index (Phi) is 5.87. The first kappa shape index (κ1) is 19.4. The standard InChI is InChI=1S/C18H26F2N2O3/c1-17(2,3)25-16(24)22-9-6-18(7-10-22,8-11-23)21-13-4-5-14(19)15(20)12-13/h4-5,12,21,23H,6-11H2,1-3H3. The van der Waals surface area contributed by atoms with E-state index in [4.69, 9.17) is 4.74 Å². The molecule has 0 radical (unpaired) electrons. The zero-order chi connectivity index (χ0) is 18.7. The Morgan fingerprint density at radius 1 is 1.28 bits per heavy atom. The molecule has 0 atom stereocenters. The van der Waals surface area contributed by atoms with Gasteiger partial charge in [-0.15, -0.1) is 0 Å². The maximum atomic E-state index is 13.4. The van der Waals surface area contributed by atoms with Crippen molar-refractivity contribution in [1.29, 1.82) is 0 Å². The summed E-state index contributed by atoms with van der Waals surface area (Å²) in [4.78, 5) is 13.8. The number of halogens is 2. The fourth-order valence-electron chi connectivity index (χ4n) is 2.98. The molecule has 25 heavy (non-hydrogen) atoms. The van der Waals surface area contributed by atoms with Gasteiger partial charge in [-0.3, -0.25) is 0 Å². The van der Waals surface area contributed by atoms with Crippen molar-refractivity contribution in [3.8, 4) is 0 Å². The topological polar surface area (TPSA) is 61.8 Å². The zero-order valence-corrected chi connectivity index (χ0v) is 14.9. The van der Waals surface area contributed by atoms with Crippen molar-refractivity contribution >= 4 is 11.8 Å². The van der Waals surface area contributed by atoms with Crippen molar-refractivity contribution < 1.29 is 23.4 Å². The van der Waals surface area contributed by atoms with Crippen LogP contribution in [-0.4, -0.2) is 46.9 Å². The van der Waals surface area contributed by atoms with Gasteiger partial charge in [-0.2, -0.15) is 0 Å². The quantitative estimate of drug-likeness (QED) is 0.866. The van der Waals surface area contributed by atoms with Crippen LogP contribution in [0, 0.1) is 11.6 Å². The molecule has 1 aliphatic rings. The Labute approximate surface area is 147 Å². The first-order valence-electron chi connectivity index (χ1n) is 8.46. The molecule has 140 valence electrons. The molecular weight excluding hydrogens is 330 g/mol. The Bertz CT molecular complexity index is 609. The van der Waals surface area contributed by atoms with E-state index in [2.05, 4.69) is 5.32 Å². The molecule has 0 spiro atoms. The number of aliphatic hydroxyl groups excluding tert-OH is 1. The largest absolute Gasteiger partial charge is 0.444 e. The molecule has 1 saturated heterocycles. The van der Waals surface area contributed by atoms with Crippen molar-refractivity contribution in [3.63, 3.8) is 0 Å². The molecule has 7 heteroatoms. The number of piperidine rings is 1. The molecule has 5 nitrogen and oxygen atoms in total. The zero-order valence-electron chi connectivity index (χ0n) is 14.9. The first-order chi connectivity index (χ1) is 11.6. The summed E-state index contributed by atoms with van der Waals surface area (Å²) in [5.74, 6) is -1.82. The van der Waals surface area contributed by atoms with Gasteiger partial charge in [-0.25, -0.2) is 13.6 Å². The molecule has 0 aliphatic carbocycles. The molecule has 1 aromatic carbocycles. The van der Waals surface area contributed by atoms with E-state index in [9.17, 15) is 18.7 Å². The third-order valence-electron chi connectivity index (χ3n) is 4.29. The van der Waals surface area contributed by atoms with Crippen LogP contribution in [0.1, 0.15) is 40.0 Å². The average molecular weight is 356 g/mol. The molecular formula is C18H26F2N2O3. The Hall–Kier alpha value is -1.89. The van der Waals surface area contributed by atoms with Gasteiger partial charge in [0.05, 0.1) is 0 Å². The second-order valence-electron chi connectivity index (χ2n) is 7.48. The number of benzene rings is 1. The van der Waals surface area contributed by atoms with Crippen LogP contribution in [0.2, 0.25) is 0 Å². The predicted octanol–water partition coefficient (Wildman–Crippen LogP) is 3.53. The van der Waals surface area contributed by atoms with Gasteiger partial charge in [0.25, 0.3) is 0 Å². The number of aliphatic hydroxyl groups is 1.